The molecule has 0 aliphatic carbocycles. The smallest absolute Gasteiger partial charge is 0.204 e. The minimum Gasteiger partial charge on any atom is -0.395 e. The fraction of sp³-hybridized carbons (Fsp3) is 0.571. The Bertz CT molecular complexity index is 440. The molecule has 0 radical (unpaired) electrons. The number of carbonyl (C=O) groups excluding carboxylic acids is 4. The highest BCUT2D eigenvalue weighted by molar-refractivity contribution is 6.37. The first kappa shape index (κ1) is 19.6. The van der Waals surface area contributed by atoms with Gasteiger partial charge in [0.15, 0.2) is 11.6 Å². The third-order valence-corrected chi connectivity index (χ3v) is 2.58. The monoisotopic (exact) mass is 312 g/mol. The molecule has 8 nitrogen and oxygen atoms in total. The van der Waals surface area contributed by atoms with Crippen molar-refractivity contribution < 1.29 is 28.9 Å². The SMILES string of the molecule is CC(=O)C(=O)C(C)CO/N=C/C=N/OCC(C)C(=O)C(C)=O. The lowest BCUT2D eigenvalue weighted by Gasteiger charge is -2.05. The zero-order chi connectivity index (χ0) is 17.1. The molecule has 22 heavy (non-hydrogen) atoms. The van der Waals surface area contributed by atoms with Gasteiger partial charge in [0.25, 0.3) is 0 Å². The second-order valence-electron chi connectivity index (χ2n) is 4.74. The molecule has 8 heteroatoms. The van der Waals surface area contributed by atoms with Crippen LogP contribution in [0.1, 0.15) is 27.7 Å². The van der Waals surface area contributed by atoms with E-state index in [2.05, 4.69) is 10.3 Å². The second kappa shape index (κ2) is 10.4. The van der Waals surface area contributed by atoms with Crippen molar-refractivity contribution >= 4 is 35.6 Å². The summed E-state index contributed by atoms with van der Waals surface area (Å²) in [6, 6.07) is 0. The van der Waals surface area contributed by atoms with Gasteiger partial charge in [-0.15, -0.1) is 0 Å². The Morgan fingerprint density at radius 1 is 0.818 bits per heavy atom. The quantitative estimate of drug-likeness (QED) is 0.313. The van der Waals surface area contributed by atoms with Crippen molar-refractivity contribution in [3.8, 4) is 0 Å². The molecule has 0 spiro atoms. The third-order valence-electron chi connectivity index (χ3n) is 2.58. The molecule has 0 saturated carbocycles. The van der Waals surface area contributed by atoms with Crippen LogP contribution in [0.5, 0.6) is 0 Å². The highest BCUT2D eigenvalue weighted by atomic mass is 16.6. The van der Waals surface area contributed by atoms with Gasteiger partial charge in [-0.2, -0.15) is 0 Å². The number of hydrogen-bond acceptors (Lipinski definition) is 8. The van der Waals surface area contributed by atoms with E-state index in [4.69, 9.17) is 9.68 Å². The summed E-state index contributed by atoms with van der Waals surface area (Å²) >= 11 is 0. The second-order valence-corrected chi connectivity index (χ2v) is 4.74. The van der Waals surface area contributed by atoms with Crippen molar-refractivity contribution in [2.45, 2.75) is 27.7 Å². The maximum absolute atomic E-state index is 11.2. The molecular formula is C14H20N2O6. The van der Waals surface area contributed by atoms with E-state index in [0.29, 0.717) is 0 Å². The Balaban J connectivity index is 3.90. The maximum atomic E-state index is 11.2. The van der Waals surface area contributed by atoms with Crippen LogP contribution in [0.25, 0.3) is 0 Å². The van der Waals surface area contributed by atoms with Gasteiger partial charge in [0.1, 0.15) is 13.2 Å². The van der Waals surface area contributed by atoms with Gasteiger partial charge in [-0.05, 0) is 0 Å². The van der Waals surface area contributed by atoms with Crippen LogP contribution in [0.2, 0.25) is 0 Å². The van der Waals surface area contributed by atoms with E-state index in [0.717, 1.165) is 0 Å². The summed E-state index contributed by atoms with van der Waals surface area (Å²) in [6.45, 7) is 5.48. The van der Waals surface area contributed by atoms with Gasteiger partial charge in [-0.1, -0.05) is 24.2 Å². The average molecular weight is 312 g/mol. The molecule has 0 heterocycles. The highest BCUT2D eigenvalue weighted by Gasteiger charge is 2.18. The summed E-state index contributed by atoms with van der Waals surface area (Å²) < 4.78 is 0. The van der Waals surface area contributed by atoms with E-state index in [-0.39, 0.29) is 13.2 Å². The van der Waals surface area contributed by atoms with E-state index in [9.17, 15) is 19.2 Å². The number of ketones is 4. The molecule has 0 fully saturated rings. The standard InChI is InChI=1S/C14H20N2O6/c1-9(13(19)11(3)17)7-21-15-5-6-16-22-8-10(2)14(20)12(4)18/h5-6,9-10H,7-8H2,1-4H3/b15-5+,16-6+. The first-order valence-electron chi connectivity index (χ1n) is 6.66. The molecule has 0 rings (SSSR count). The molecule has 2 unspecified atom stereocenters. The average Bonchev–Trinajstić information content (AvgIpc) is 2.47. The van der Waals surface area contributed by atoms with Crippen molar-refractivity contribution in [2.75, 3.05) is 13.2 Å². The van der Waals surface area contributed by atoms with Crippen molar-refractivity contribution in [1.82, 2.24) is 0 Å². The fourth-order valence-electron chi connectivity index (χ4n) is 1.30. The summed E-state index contributed by atoms with van der Waals surface area (Å²) in [6.07, 6.45) is 2.37. The maximum Gasteiger partial charge on any atom is 0.204 e. The van der Waals surface area contributed by atoms with Crippen molar-refractivity contribution in [3.63, 3.8) is 0 Å². The largest absolute Gasteiger partial charge is 0.395 e. The van der Waals surface area contributed by atoms with Crippen LogP contribution in [-0.4, -0.2) is 48.8 Å². The first-order chi connectivity index (χ1) is 10.3. The topological polar surface area (TPSA) is 111 Å². The molecule has 0 bridgehead atoms. The van der Waals surface area contributed by atoms with Gasteiger partial charge in [0.2, 0.25) is 11.6 Å². The number of oxime groups is 2. The first-order valence-corrected chi connectivity index (χ1v) is 6.66. The molecular weight excluding hydrogens is 292 g/mol. The minimum absolute atomic E-state index is 0.0201. The zero-order valence-electron chi connectivity index (χ0n) is 13.1. The molecule has 0 aromatic rings. The van der Waals surface area contributed by atoms with Gasteiger partial charge in [0.05, 0.1) is 24.3 Å². The van der Waals surface area contributed by atoms with E-state index in [1.165, 1.54) is 26.3 Å². The number of Topliss-reactive ketones (excluding diaryl/α,β-unsaturated/α-hetero) is 4. The van der Waals surface area contributed by atoms with Crippen molar-refractivity contribution in [3.05, 3.63) is 0 Å². The lowest BCUT2D eigenvalue weighted by atomic mass is 10.1. The molecule has 122 valence electrons. The van der Waals surface area contributed by atoms with E-state index in [1.54, 1.807) is 13.8 Å². The van der Waals surface area contributed by atoms with Crippen LogP contribution in [0.4, 0.5) is 0 Å². The summed E-state index contributed by atoms with van der Waals surface area (Å²) in [5, 5.41) is 6.99. The van der Waals surface area contributed by atoms with Crippen LogP contribution in [0.3, 0.4) is 0 Å². The van der Waals surface area contributed by atoms with Gasteiger partial charge in [-0.25, -0.2) is 0 Å². The van der Waals surface area contributed by atoms with E-state index in [1.807, 2.05) is 0 Å². The third kappa shape index (κ3) is 8.03. The Hall–Kier alpha value is -2.38. The van der Waals surface area contributed by atoms with Crippen LogP contribution < -0.4 is 0 Å². The van der Waals surface area contributed by atoms with Gasteiger partial charge in [0, 0.05) is 13.8 Å². The van der Waals surface area contributed by atoms with Gasteiger partial charge < -0.3 is 9.68 Å². The fourth-order valence-corrected chi connectivity index (χ4v) is 1.30. The molecule has 0 aliphatic heterocycles. The molecule has 0 aromatic carbocycles. The Labute approximate surface area is 128 Å². The number of rotatable bonds is 11. The molecule has 0 aliphatic rings. The molecule has 0 N–H and O–H groups in total. The van der Waals surface area contributed by atoms with Gasteiger partial charge >= 0.3 is 0 Å². The van der Waals surface area contributed by atoms with E-state index < -0.39 is 35.0 Å². The molecule has 0 saturated heterocycles. The predicted molar refractivity (Wildman–Crippen MR) is 78.6 cm³/mol. The van der Waals surface area contributed by atoms with Crippen molar-refractivity contribution in [2.24, 2.45) is 22.1 Å². The summed E-state index contributed by atoms with van der Waals surface area (Å²) in [5.41, 5.74) is 0. The Morgan fingerprint density at radius 3 is 1.41 bits per heavy atom. The van der Waals surface area contributed by atoms with Crippen LogP contribution in [0.15, 0.2) is 10.3 Å². The number of nitrogens with zero attached hydrogens (tertiary/aromatic N) is 2. The highest BCUT2D eigenvalue weighted by Crippen LogP contribution is 2.00. The van der Waals surface area contributed by atoms with E-state index >= 15 is 0 Å². The zero-order valence-corrected chi connectivity index (χ0v) is 13.1. The minimum atomic E-state index is -0.568. The lowest BCUT2D eigenvalue weighted by molar-refractivity contribution is -0.138. The molecule has 0 aromatic heterocycles. The van der Waals surface area contributed by atoms with Gasteiger partial charge in [-0.3, -0.25) is 19.2 Å². The summed E-state index contributed by atoms with van der Waals surface area (Å²) in [4.78, 5) is 53.7. The summed E-state index contributed by atoms with van der Waals surface area (Å²) in [5.74, 6) is -3.22. The summed E-state index contributed by atoms with van der Waals surface area (Å²) in [7, 11) is 0. The lowest BCUT2D eigenvalue weighted by Crippen LogP contribution is -2.22. The molecule has 2 atom stereocenters. The number of hydrogen-bond donors (Lipinski definition) is 0. The number of carbonyl (C=O) groups is 4. The Morgan fingerprint density at radius 2 is 1.14 bits per heavy atom. The van der Waals surface area contributed by atoms with Crippen molar-refractivity contribution in [1.29, 1.82) is 0 Å². The molecule has 0 amide bonds. The normalized spacial score (nSPS) is 13.8. The predicted octanol–water partition coefficient (Wildman–Crippen LogP) is 0.580. The van der Waals surface area contributed by atoms with Crippen LogP contribution in [-0.2, 0) is 28.9 Å². The van der Waals surface area contributed by atoms with Crippen LogP contribution >= 0.6 is 0 Å². The van der Waals surface area contributed by atoms with Crippen LogP contribution in [0, 0.1) is 11.8 Å². The Kier molecular flexibility index (Phi) is 9.24.